The predicted octanol–water partition coefficient (Wildman–Crippen LogP) is 3.67. The highest BCUT2D eigenvalue weighted by atomic mass is 16.3. The number of nitrogens with zero attached hydrogens (tertiary/aromatic N) is 1. The Morgan fingerprint density at radius 3 is 2.47 bits per heavy atom. The van der Waals surface area contributed by atoms with Crippen LogP contribution in [0.4, 0.5) is 5.69 Å². The summed E-state index contributed by atoms with van der Waals surface area (Å²) >= 11 is 0. The van der Waals surface area contributed by atoms with E-state index in [9.17, 15) is 5.11 Å². The summed E-state index contributed by atoms with van der Waals surface area (Å²) in [6.07, 6.45) is 3.52. The van der Waals surface area contributed by atoms with Crippen molar-refractivity contribution in [1.29, 1.82) is 0 Å². The van der Waals surface area contributed by atoms with Gasteiger partial charge in [0.15, 0.2) is 0 Å². The lowest BCUT2D eigenvalue weighted by Crippen LogP contribution is -2.31. The lowest BCUT2D eigenvalue weighted by Gasteiger charge is -2.33. The second kappa shape index (κ2) is 5.38. The Hall–Kier alpha value is -1.28. The number of anilines is 1. The molecule has 0 bridgehead atoms. The molecule has 0 spiro atoms. The van der Waals surface area contributed by atoms with Gasteiger partial charge in [-0.1, -0.05) is 38.5 Å². The average Bonchev–Trinajstić information content (AvgIpc) is 2.38. The van der Waals surface area contributed by atoms with Crippen LogP contribution in [0.2, 0.25) is 0 Å². The summed E-state index contributed by atoms with van der Waals surface area (Å²) in [5, 5.41) is 9.22. The predicted molar refractivity (Wildman–Crippen MR) is 81.5 cm³/mol. The van der Waals surface area contributed by atoms with Crippen LogP contribution in [0.3, 0.4) is 0 Å². The summed E-state index contributed by atoms with van der Waals surface area (Å²) in [6, 6.07) is 6.34. The lowest BCUT2D eigenvalue weighted by atomic mass is 9.83. The van der Waals surface area contributed by atoms with Gasteiger partial charge in [-0.15, -0.1) is 0 Å². The van der Waals surface area contributed by atoms with E-state index in [1.54, 1.807) is 5.57 Å². The molecule has 1 aromatic rings. The Kier molecular flexibility index (Phi) is 4.00. The molecule has 1 aliphatic rings. The van der Waals surface area contributed by atoms with Gasteiger partial charge in [0.1, 0.15) is 0 Å². The monoisotopic (exact) mass is 259 g/mol. The van der Waals surface area contributed by atoms with Crippen molar-refractivity contribution in [3.8, 4) is 0 Å². The Labute approximate surface area is 116 Å². The molecular formula is C17H25NO. The van der Waals surface area contributed by atoms with Crippen LogP contribution in [-0.4, -0.2) is 18.2 Å². The third kappa shape index (κ3) is 3.19. The first-order valence-electron chi connectivity index (χ1n) is 7.06. The van der Waals surface area contributed by atoms with E-state index < -0.39 is 0 Å². The fraction of sp³-hybridized carbons (Fsp3) is 0.529. The molecule has 2 heteroatoms. The van der Waals surface area contributed by atoms with E-state index in [4.69, 9.17) is 0 Å². The van der Waals surface area contributed by atoms with Gasteiger partial charge in [-0.3, -0.25) is 0 Å². The molecule has 0 unspecified atom stereocenters. The summed E-state index contributed by atoms with van der Waals surface area (Å²) in [7, 11) is 0. The minimum Gasteiger partial charge on any atom is -0.392 e. The highest BCUT2D eigenvalue weighted by molar-refractivity contribution is 5.52. The highest BCUT2D eigenvalue weighted by Gasteiger charge is 2.21. The topological polar surface area (TPSA) is 23.5 Å². The smallest absolute Gasteiger partial charge is 0.0684 e. The zero-order valence-electron chi connectivity index (χ0n) is 12.5. The van der Waals surface area contributed by atoms with Crippen molar-refractivity contribution in [3.63, 3.8) is 0 Å². The van der Waals surface area contributed by atoms with Crippen LogP contribution >= 0.6 is 0 Å². The fourth-order valence-corrected chi connectivity index (χ4v) is 2.64. The number of aliphatic hydroxyl groups excluding tert-OH is 1. The summed E-state index contributed by atoms with van der Waals surface area (Å²) < 4.78 is 0. The summed E-state index contributed by atoms with van der Waals surface area (Å²) in [5.41, 5.74) is 5.31. The van der Waals surface area contributed by atoms with E-state index >= 15 is 0 Å². The van der Waals surface area contributed by atoms with Crippen molar-refractivity contribution >= 4 is 5.69 Å². The zero-order valence-corrected chi connectivity index (χ0v) is 12.5. The van der Waals surface area contributed by atoms with Gasteiger partial charge in [-0.25, -0.2) is 0 Å². The third-order valence-corrected chi connectivity index (χ3v) is 4.03. The first-order valence-corrected chi connectivity index (χ1v) is 7.06. The molecule has 19 heavy (non-hydrogen) atoms. The number of hydrogen-bond donors (Lipinski definition) is 1. The molecule has 0 saturated heterocycles. The largest absolute Gasteiger partial charge is 0.392 e. The van der Waals surface area contributed by atoms with E-state index in [-0.39, 0.29) is 6.61 Å². The van der Waals surface area contributed by atoms with Crippen LogP contribution in [0.15, 0.2) is 29.8 Å². The average molecular weight is 259 g/mol. The van der Waals surface area contributed by atoms with Crippen LogP contribution in [0.5, 0.6) is 0 Å². The number of hydrogen-bond acceptors (Lipinski definition) is 2. The van der Waals surface area contributed by atoms with Gasteiger partial charge < -0.3 is 10.0 Å². The van der Waals surface area contributed by atoms with Gasteiger partial charge >= 0.3 is 0 Å². The van der Waals surface area contributed by atoms with E-state index in [2.05, 4.69) is 50.8 Å². The zero-order chi connectivity index (χ0) is 14.0. The molecule has 0 aliphatic carbocycles. The Bertz CT molecular complexity index is 483. The van der Waals surface area contributed by atoms with E-state index in [1.807, 2.05) is 6.07 Å². The van der Waals surface area contributed by atoms with Crippen molar-refractivity contribution < 1.29 is 5.11 Å². The molecule has 1 aromatic carbocycles. The Morgan fingerprint density at radius 2 is 2.00 bits per heavy atom. The number of aryl methyl sites for hydroxylation is 1. The standard InChI is InChI=1S/C17H25NO/c1-13-11-16(6-5-14(13)12-19)18-9-7-15(8-10-18)17(2,3)4/h5-7,11,19H,8-10,12H2,1-4H3. The molecule has 0 amide bonds. The molecule has 0 saturated carbocycles. The lowest BCUT2D eigenvalue weighted by molar-refractivity contribution is 0.281. The van der Waals surface area contributed by atoms with Gasteiger partial charge in [-0.2, -0.15) is 0 Å². The second-order valence-corrected chi connectivity index (χ2v) is 6.44. The minimum absolute atomic E-state index is 0.125. The van der Waals surface area contributed by atoms with E-state index in [1.165, 1.54) is 11.3 Å². The van der Waals surface area contributed by atoms with Crippen LogP contribution in [0, 0.1) is 12.3 Å². The summed E-state index contributed by atoms with van der Waals surface area (Å²) in [6.45, 7) is 11.1. The first-order chi connectivity index (χ1) is 8.91. The molecule has 1 aliphatic heterocycles. The van der Waals surface area contributed by atoms with E-state index in [0.717, 1.165) is 25.1 Å². The SMILES string of the molecule is Cc1cc(N2CC=C(C(C)(C)C)CC2)ccc1CO. The third-order valence-electron chi connectivity index (χ3n) is 4.03. The van der Waals surface area contributed by atoms with Gasteiger partial charge in [0.2, 0.25) is 0 Å². The summed E-state index contributed by atoms with van der Waals surface area (Å²) in [4.78, 5) is 2.41. The summed E-state index contributed by atoms with van der Waals surface area (Å²) in [5.74, 6) is 0. The van der Waals surface area contributed by atoms with Crippen molar-refractivity contribution in [2.24, 2.45) is 5.41 Å². The fourth-order valence-electron chi connectivity index (χ4n) is 2.64. The van der Waals surface area contributed by atoms with Crippen molar-refractivity contribution in [1.82, 2.24) is 0 Å². The molecule has 0 atom stereocenters. The molecule has 0 radical (unpaired) electrons. The number of rotatable bonds is 2. The molecule has 104 valence electrons. The maximum absolute atomic E-state index is 9.22. The van der Waals surface area contributed by atoms with Crippen molar-refractivity contribution in [2.45, 2.75) is 40.7 Å². The molecule has 2 nitrogen and oxygen atoms in total. The van der Waals surface area contributed by atoms with Crippen LogP contribution < -0.4 is 4.90 Å². The van der Waals surface area contributed by atoms with Gasteiger partial charge in [0.25, 0.3) is 0 Å². The second-order valence-electron chi connectivity index (χ2n) is 6.44. The normalized spacial score (nSPS) is 16.5. The van der Waals surface area contributed by atoms with E-state index in [0.29, 0.717) is 5.41 Å². The van der Waals surface area contributed by atoms with Crippen LogP contribution in [0.1, 0.15) is 38.3 Å². The van der Waals surface area contributed by atoms with Gasteiger partial charge in [-0.05, 0) is 42.0 Å². The maximum atomic E-state index is 9.22. The quantitative estimate of drug-likeness (QED) is 0.819. The Morgan fingerprint density at radius 1 is 1.26 bits per heavy atom. The molecular weight excluding hydrogens is 234 g/mol. The molecule has 0 fully saturated rings. The molecule has 2 rings (SSSR count). The molecule has 1 heterocycles. The Balaban J connectivity index is 2.14. The van der Waals surface area contributed by atoms with Crippen molar-refractivity contribution in [3.05, 3.63) is 41.0 Å². The number of benzene rings is 1. The minimum atomic E-state index is 0.125. The van der Waals surface area contributed by atoms with Crippen LogP contribution in [0.25, 0.3) is 0 Å². The first kappa shape index (κ1) is 14.1. The van der Waals surface area contributed by atoms with Crippen LogP contribution in [-0.2, 0) is 6.61 Å². The highest BCUT2D eigenvalue weighted by Crippen LogP contribution is 2.31. The molecule has 0 aromatic heterocycles. The molecule has 1 N–H and O–H groups in total. The maximum Gasteiger partial charge on any atom is 0.0684 e. The van der Waals surface area contributed by atoms with Gasteiger partial charge in [0, 0.05) is 18.8 Å². The number of aliphatic hydroxyl groups is 1. The van der Waals surface area contributed by atoms with Crippen molar-refractivity contribution in [2.75, 3.05) is 18.0 Å². The van der Waals surface area contributed by atoms with Gasteiger partial charge in [0.05, 0.1) is 6.61 Å².